The number of ether oxygens (including phenoxy) is 3. The maximum Gasteiger partial charge on any atom is 0.342 e. The van der Waals surface area contributed by atoms with Gasteiger partial charge in [-0.1, -0.05) is 30.3 Å². The van der Waals surface area contributed by atoms with Crippen molar-refractivity contribution in [2.45, 2.75) is 20.4 Å². The lowest BCUT2D eigenvalue weighted by atomic mass is 10.0. The highest BCUT2D eigenvalue weighted by Crippen LogP contribution is 2.40. The Kier molecular flexibility index (Phi) is 7.34. The minimum absolute atomic E-state index is 0.0192. The van der Waals surface area contributed by atoms with E-state index >= 15 is 0 Å². The summed E-state index contributed by atoms with van der Waals surface area (Å²) in [6.45, 7) is 4.32. The molecule has 150 valence electrons. The van der Waals surface area contributed by atoms with Crippen LogP contribution in [0.1, 0.15) is 28.4 Å². The van der Waals surface area contributed by atoms with Gasteiger partial charge in [-0.15, -0.1) is 0 Å². The maximum absolute atomic E-state index is 12.3. The SMILES string of the molecule is CCN(Cc1ccccc1)c1cc(OCOC)c(C(=O)OC)c(C)c1[N+](=O)[O-]. The third-order valence-electron chi connectivity index (χ3n) is 4.33. The summed E-state index contributed by atoms with van der Waals surface area (Å²) in [6, 6.07) is 11.1. The molecule has 28 heavy (non-hydrogen) atoms. The monoisotopic (exact) mass is 388 g/mol. The smallest absolute Gasteiger partial charge is 0.342 e. The van der Waals surface area contributed by atoms with Gasteiger partial charge >= 0.3 is 5.97 Å². The molecule has 0 fully saturated rings. The van der Waals surface area contributed by atoms with Crippen molar-refractivity contribution in [1.29, 1.82) is 0 Å². The molecule has 8 nitrogen and oxygen atoms in total. The van der Waals surface area contributed by atoms with Crippen LogP contribution in [0.4, 0.5) is 11.4 Å². The number of anilines is 1. The molecule has 2 rings (SSSR count). The van der Waals surface area contributed by atoms with Crippen molar-refractivity contribution in [3.8, 4) is 5.75 Å². The molecule has 0 bridgehead atoms. The Morgan fingerprint density at radius 1 is 1.21 bits per heavy atom. The van der Waals surface area contributed by atoms with E-state index in [9.17, 15) is 14.9 Å². The zero-order valence-electron chi connectivity index (χ0n) is 16.4. The number of methoxy groups -OCH3 is 2. The van der Waals surface area contributed by atoms with Crippen molar-refractivity contribution >= 4 is 17.3 Å². The largest absolute Gasteiger partial charge is 0.467 e. The molecule has 0 atom stereocenters. The minimum atomic E-state index is -0.704. The van der Waals surface area contributed by atoms with Crippen LogP contribution in [0.15, 0.2) is 36.4 Å². The normalized spacial score (nSPS) is 10.4. The molecule has 0 aliphatic carbocycles. The van der Waals surface area contributed by atoms with E-state index in [0.29, 0.717) is 18.8 Å². The number of esters is 1. The lowest BCUT2D eigenvalue weighted by Crippen LogP contribution is -2.24. The average molecular weight is 388 g/mol. The molecule has 0 saturated heterocycles. The van der Waals surface area contributed by atoms with E-state index in [-0.39, 0.29) is 29.4 Å². The van der Waals surface area contributed by atoms with Gasteiger partial charge in [0.1, 0.15) is 17.0 Å². The second-order valence-electron chi connectivity index (χ2n) is 6.04. The lowest BCUT2D eigenvalue weighted by molar-refractivity contribution is -0.384. The number of carbonyl (C=O) groups is 1. The molecule has 2 aromatic carbocycles. The Morgan fingerprint density at radius 3 is 2.43 bits per heavy atom. The molecule has 2 aromatic rings. The van der Waals surface area contributed by atoms with E-state index in [1.54, 1.807) is 0 Å². The minimum Gasteiger partial charge on any atom is -0.467 e. The molecule has 0 heterocycles. The van der Waals surface area contributed by atoms with Crippen molar-refractivity contribution < 1.29 is 23.9 Å². The molecule has 0 saturated carbocycles. The van der Waals surface area contributed by atoms with Gasteiger partial charge in [-0.25, -0.2) is 4.79 Å². The van der Waals surface area contributed by atoms with Crippen LogP contribution in [0.3, 0.4) is 0 Å². The molecule has 0 aliphatic rings. The van der Waals surface area contributed by atoms with Gasteiger partial charge in [0.05, 0.1) is 12.0 Å². The summed E-state index contributed by atoms with van der Waals surface area (Å²) < 4.78 is 15.3. The Morgan fingerprint density at radius 2 is 1.89 bits per heavy atom. The number of hydrogen-bond donors (Lipinski definition) is 0. The van der Waals surface area contributed by atoms with E-state index in [0.717, 1.165) is 5.56 Å². The molecular weight excluding hydrogens is 364 g/mol. The Labute approximate surface area is 163 Å². The summed E-state index contributed by atoms with van der Waals surface area (Å²) in [4.78, 5) is 25.5. The fourth-order valence-corrected chi connectivity index (χ4v) is 2.99. The van der Waals surface area contributed by atoms with E-state index in [2.05, 4.69) is 0 Å². The van der Waals surface area contributed by atoms with Crippen molar-refractivity contribution in [3.63, 3.8) is 0 Å². The van der Waals surface area contributed by atoms with Crippen molar-refractivity contribution in [3.05, 3.63) is 63.2 Å². The molecule has 8 heteroatoms. The van der Waals surface area contributed by atoms with Gasteiger partial charge in [0.15, 0.2) is 6.79 Å². The second-order valence-corrected chi connectivity index (χ2v) is 6.04. The predicted octanol–water partition coefficient (Wildman–Crippen LogP) is 3.70. The highest BCUT2D eigenvalue weighted by molar-refractivity contribution is 5.97. The number of rotatable bonds is 9. The number of carbonyl (C=O) groups excluding carboxylic acids is 1. The van der Waals surface area contributed by atoms with Crippen LogP contribution >= 0.6 is 0 Å². The molecule has 0 amide bonds. The first kappa shape index (κ1) is 21.2. The first-order valence-electron chi connectivity index (χ1n) is 8.75. The van der Waals surface area contributed by atoms with Gasteiger partial charge in [-0.3, -0.25) is 10.1 Å². The van der Waals surface area contributed by atoms with Crippen molar-refractivity contribution in [2.24, 2.45) is 0 Å². The lowest BCUT2D eigenvalue weighted by Gasteiger charge is -2.25. The van der Waals surface area contributed by atoms with Gasteiger partial charge in [-0.2, -0.15) is 0 Å². The van der Waals surface area contributed by atoms with E-state index in [1.807, 2.05) is 42.2 Å². The first-order chi connectivity index (χ1) is 13.4. The summed E-state index contributed by atoms with van der Waals surface area (Å²) >= 11 is 0. The van der Waals surface area contributed by atoms with Crippen LogP contribution in [0.5, 0.6) is 5.75 Å². The topological polar surface area (TPSA) is 91.1 Å². The summed E-state index contributed by atoms with van der Waals surface area (Å²) in [6.07, 6.45) is 0. The molecular formula is C20H24N2O6. The highest BCUT2D eigenvalue weighted by Gasteiger charge is 2.30. The Hall–Kier alpha value is -3.13. The predicted molar refractivity (Wildman–Crippen MR) is 105 cm³/mol. The summed E-state index contributed by atoms with van der Waals surface area (Å²) in [5.74, 6) is -0.525. The van der Waals surface area contributed by atoms with Crippen molar-refractivity contribution in [2.75, 3.05) is 32.5 Å². The fraction of sp³-hybridized carbons (Fsp3) is 0.350. The Balaban J connectivity index is 2.64. The van der Waals surface area contributed by atoms with Crippen LogP contribution in [0, 0.1) is 17.0 Å². The fourth-order valence-electron chi connectivity index (χ4n) is 2.99. The van der Waals surface area contributed by atoms with Gasteiger partial charge in [0, 0.05) is 31.8 Å². The van der Waals surface area contributed by atoms with Crippen LogP contribution < -0.4 is 9.64 Å². The number of hydrogen-bond acceptors (Lipinski definition) is 7. The van der Waals surface area contributed by atoms with Crippen LogP contribution in [-0.2, 0) is 16.0 Å². The van der Waals surface area contributed by atoms with Crippen LogP contribution in [0.25, 0.3) is 0 Å². The van der Waals surface area contributed by atoms with Crippen LogP contribution in [-0.4, -0.2) is 38.4 Å². The molecule has 0 N–H and O–H groups in total. The summed E-state index contributed by atoms with van der Waals surface area (Å²) in [7, 11) is 2.67. The van der Waals surface area contributed by atoms with E-state index < -0.39 is 10.9 Å². The zero-order chi connectivity index (χ0) is 20.7. The highest BCUT2D eigenvalue weighted by atomic mass is 16.7. The van der Waals surface area contributed by atoms with Gasteiger partial charge in [-0.05, 0) is 19.4 Å². The molecule has 0 spiro atoms. The number of nitrogens with zero attached hydrogens (tertiary/aromatic N) is 2. The Bertz CT molecular complexity index is 838. The van der Waals surface area contributed by atoms with E-state index in [1.165, 1.54) is 27.2 Å². The third kappa shape index (κ3) is 4.58. The number of nitro groups is 1. The third-order valence-corrected chi connectivity index (χ3v) is 4.33. The van der Waals surface area contributed by atoms with Crippen LogP contribution in [0.2, 0.25) is 0 Å². The van der Waals surface area contributed by atoms with Gasteiger partial charge in [0.2, 0.25) is 0 Å². The maximum atomic E-state index is 12.3. The molecule has 0 unspecified atom stereocenters. The van der Waals surface area contributed by atoms with E-state index in [4.69, 9.17) is 14.2 Å². The molecule has 0 aromatic heterocycles. The first-order valence-corrected chi connectivity index (χ1v) is 8.75. The molecule has 0 aliphatic heterocycles. The zero-order valence-corrected chi connectivity index (χ0v) is 16.4. The summed E-state index contributed by atoms with van der Waals surface area (Å²) in [5, 5.41) is 11.9. The molecule has 0 radical (unpaired) electrons. The second kappa shape index (κ2) is 9.70. The van der Waals surface area contributed by atoms with Crippen molar-refractivity contribution in [1.82, 2.24) is 0 Å². The standard InChI is InChI=1S/C20H24N2O6/c1-5-21(12-15-9-7-6-8-10-15)16-11-17(28-13-26-3)18(20(23)27-4)14(2)19(16)22(24)25/h6-11H,5,12-13H2,1-4H3. The number of nitro benzene ring substituents is 1. The van der Waals surface area contributed by atoms with Gasteiger partial charge < -0.3 is 19.1 Å². The quantitative estimate of drug-likeness (QED) is 0.280. The average Bonchev–Trinajstić information content (AvgIpc) is 2.69. The summed E-state index contributed by atoms with van der Waals surface area (Å²) in [5.41, 5.74) is 1.43. The van der Waals surface area contributed by atoms with Gasteiger partial charge in [0.25, 0.3) is 5.69 Å². The number of benzene rings is 2.